The predicted octanol–water partition coefficient (Wildman–Crippen LogP) is 0.778. The number of hydrogen-bond donors (Lipinski definition) is 2. The lowest BCUT2D eigenvalue weighted by atomic mass is 10.2. The Balaban J connectivity index is 2.26. The van der Waals surface area contributed by atoms with Crippen molar-refractivity contribution in [2.45, 2.75) is 50.8 Å². The quantitative estimate of drug-likeness (QED) is 0.659. The van der Waals surface area contributed by atoms with Gasteiger partial charge < -0.3 is 10.2 Å². The summed E-state index contributed by atoms with van der Waals surface area (Å²) < 4.78 is 26.7. The minimum Gasteiger partial charge on any atom is -0.316 e. The third-order valence-corrected chi connectivity index (χ3v) is 5.76. The Bertz CT molecular complexity index is 340. The highest BCUT2D eigenvalue weighted by atomic mass is 32.2. The van der Waals surface area contributed by atoms with Gasteiger partial charge in [-0.15, -0.1) is 0 Å². The number of rotatable bonds is 9. The third kappa shape index (κ3) is 5.77. The second-order valence-corrected chi connectivity index (χ2v) is 7.66. The van der Waals surface area contributed by atoms with Crippen molar-refractivity contribution in [1.82, 2.24) is 14.9 Å². The van der Waals surface area contributed by atoms with Crippen molar-refractivity contribution in [1.29, 1.82) is 0 Å². The first-order valence-corrected chi connectivity index (χ1v) is 8.91. The van der Waals surface area contributed by atoms with E-state index in [9.17, 15) is 8.42 Å². The van der Waals surface area contributed by atoms with Crippen LogP contribution < -0.4 is 10.0 Å². The van der Waals surface area contributed by atoms with Gasteiger partial charge in [0.15, 0.2) is 0 Å². The van der Waals surface area contributed by atoms with Gasteiger partial charge in [0.25, 0.3) is 0 Å². The molecule has 19 heavy (non-hydrogen) atoms. The molecule has 0 amide bonds. The van der Waals surface area contributed by atoms with Crippen molar-refractivity contribution >= 4 is 10.0 Å². The van der Waals surface area contributed by atoms with Crippen molar-refractivity contribution < 1.29 is 8.42 Å². The molecule has 114 valence electrons. The Labute approximate surface area is 118 Å². The Hall–Kier alpha value is -0.170. The van der Waals surface area contributed by atoms with Crippen LogP contribution in [0.25, 0.3) is 0 Å². The van der Waals surface area contributed by atoms with Gasteiger partial charge >= 0.3 is 0 Å². The van der Waals surface area contributed by atoms with Crippen LogP contribution in [0.1, 0.15) is 39.5 Å². The summed E-state index contributed by atoms with van der Waals surface area (Å²) in [6.45, 7) is 6.31. The van der Waals surface area contributed by atoms with Gasteiger partial charge in [-0.25, -0.2) is 13.1 Å². The summed E-state index contributed by atoms with van der Waals surface area (Å²) >= 11 is 0. The van der Waals surface area contributed by atoms with Crippen molar-refractivity contribution in [3.05, 3.63) is 0 Å². The van der Waals surface area contributed by atoms with Gasteiger partial charge in [0.2, 0.25) is 10.0 Å². The van der Waals surface area contributed by atoms with Gasteiger partial charge in [-0.2, -0.15) is 0 Å². The summed E-state index contributed by atoms with van der Waals surface area (Å²) in [6, 6.07) is 0.642. The minimum absolute atomic E-state index is 0.385. The molecule has 2 N–H and O–H groups in total. The minimum atomic E-state index is -3.19. The lowest BCUT2D eigenvalue weighted by molar-refractivity contribution is 0.249. The molecular weight excluding hydrogens is 262 g/mol. The summed E-state index contributed by atoms with van der Waals surface area (Å²) in [5.74, 6) is 0. The van der Waals surface area contributed by atoms with Gasteiger partial charge in [0.1, 0.15) is 0 Å². The van der Waals surface area contributed by atoms with E-state index >= 15 is 0 Å². The Morgan fingerprint density at radius 2 is 1.95 bits per heavy atom. The molecule has 0 radical (unpaired) electrons. The summed E-state index contributed by atoms with van der Waals surface area (Å²) in [6.07, 6.45) is 5.11. The standard InChI is InChI=1S/C13H29N3O2S/c1-4-14-11-12(2)19(17,18)15-9-10-16(3)13-7-5-6-8-13/h12-15H,4-11H2,1-3H3. The van der Waals surface area contributed by atoms with E-state index in [1.54, 1.807) is 6.92 Å². The average molecular weight is 291 g/mol. The predicted molar refractivity (Wildman–Crippen MR) is 79.8 cm³/mol. The SMILES string of the molecule is CCNCC(C)S(=O)(=O)NCCN(C)C1CCCC1. The van der Waals surface area contributed by atoms with E-state index in [-0.39, 0.29) is 5.25 Å². The zero-order valence-corrected chi connectivity index (χ0v) is 13.3. The molecule has 1 rings (SSSR count). The maximum Gasteiger partial charge on any atom is 0.215 e. The third-order valence-electron chi connectivity index (χ3n) is 3.93. The molecule has 1 aliphatic rings. The van der Waals surface area contributed by atoms with Crippen LogP contribution in [-0.2, 0) is 10.0 Å². The molecule has 6 heteroatoms. The van der Waals surface area contributed by atoms with E-state index in [1.165, 1.54) is 25.7 Å². The highest BCUT2D eigenvalue weighted by Gasteiger charge is 2.22. The molecule has 0 aromatic carbocycles. The summed E-state index contributed by atoms with van der Waals surface area (Å²) in [4.78, 5) is 2.28. The Kier molecular flexibility index (Phi) is 7.28. The molecule has 1 unspecified atom stereocenters. The van der Waals surface area contributed by atoms with E-state index in [0.717, 1.165) is 13.1 Å². The monoisotopic (exact) mass is 291 g/mol. The van der Waals surface area contributed by atoms with Gasteiger partial charge in [-0.05, 0) is 33.4 Å². The topological polar surface area (TPSA) is 61.4 Å². The first kappa shape index (κ1) is 16.9. The fourth-order valence-electron chi connectivity index (χ4n) is 2.49. The van der Waals surface area contributed by atoms with Crippen LogP contribution in [0, 0.1) is 0 Å². The van der Waals surface area contributed by atoms with Crippen molar-refractivity contribution in [3.63, 3.8) is 0 Å². The zero-order valence-electron chi connectivity index (χ0n) is 12.5. The molecule has 0 heterocycles. The van der Waals surface area contributed by atoms with E-state index in [0.29, 0.717) is 19.1 Å². The highest BCUT2D eigenvalue weighted by Crippen LogP contribution is 2.21. The zero-order chi connectivity index (χ0) is 14.3. The normalized spacial score (nSPS) is 19.2. The van der Waals surface area contributed by atoms with Crippen LogP contribution in [0.15, 0.2) is 0 Å². The number of nitrogens with one attached hydrogen (secondary N) is 2. The van der Waals surface area contributed by atoms with Crippen LogP contribution in [0.4, 0.5) is 0 Å². The smallest absolute Gasteiger partial charge is 0.215 e. The van der Waals surface area contributed by atoms with Gasteiger partial charge in [0, 0.05) is 25.7 Å². The van der Waals surface area contributed by atoms with Gasteiger partial charge in [-0.3, -0.25) is 0 Å². The molecule has 1 atom stereocenters. The Morgan fingerprint density at radius 3 is 2.53 bits per heavy atom. The number of nitrogens with zero attached hydrogens (tertiary/aromatic N) is 1. The summed E-state index contributed by atoms with van der Waals surface area (Å²) in [5.41, 5.74) is 0. The molecule has 1 saturated carbocycles. The highest BCUT2D eigenvalue weighted by molar-refractivity contribution is 7.90. The molecule has 1 aliphatic carbocycles. The average Bonchev–Trinajstić information content (AvgIpc) is 2.89. The lowest BCUT2D eigenvalue weighted by Crippen LogP contribution is -2.42. The molecule has 0 aromatic heterocycles. The molecule has 0 saturated heterocycles. The van der Waals surface area contributed by atoms with Crippen LogP contribution in [0.2, 0.25) is 0 Å². The number of likely N-dealkylation sites (N-methyl/N-ethyl adjacent to an activating group) is 1. The number of sulfonamides is 1. The first-order chi connectivity index (χ1) is 8.97. The molecular formula is C13H29N3O2S. The lowest BCUT2D eigenvalue weighted by Gasteiger charge is -2.24. The van der Waals surface area contributed by atoms with Crippen LogP contribution in [0.5, 0.6) is 0 Å². The molecule has 5 nitrogen and oxygen atoms in total. The molecule has 0 spiro atoms. The van der Waals surface area contributed by atoms with Crippen LogP contribution >= 0.6 is 0 Å². The van der Waals surface area contributed by atoms with E-state index in [1.807, 2.05) is 6.92 Å². The largest absolute Gasteiger partial charge is 0.316 e. The van der Waals surface area contributed by atoms with Crippen molar-refractivity contribution in [2.75, 3.05) is 33.2 Å². The molecule has 0 aromatic rings. The molecule has 0 aliphatic heterocycles. The van der Waals surface area contributed by atoms with Crippen molar-refractivity contribution in [3.8, 4) is 0 Å². The van der Waals surface area contributed by atoms with Gasteiger partial charge in [0.05, 0.1) is 5.25 Å². The second-order valence-electron chi connectivity index (χ2n) is 5.48. The van der Waals surface area contributed by atoms with E-state index in [4.69, 9.17) is 0 Å². The Morgan fingerprint density at radius 1 is 1.32 bits per heavy atom. The first-order valence-electron chi connectivity index (χ1n) is 7.36. The second kappa shape index (κ2) is 8.19. The van der Waals surface area contributed by atoms with Crippen LogP contribution in [-0.4, -0.2) is 57.8 Å². The van der Waals surface area contributed by atoms with E-state index < -0.39 is 10.0 Å². The van der Waals surface area contributed by atoms with Crippen LogP contribution in [0.3, 0.4) is 0 Å². The summed E-state index contributed by atoms with van der Waals surface area (Å²) in [5, 5.41) is 2.68. The maximum absolute atomic E-state index is 12.0. The maximum atomic E-state index is 12.0. The molecule has 0 bridgehead atoms. The fourth-order valence-corrected chi connectivity index (χ4v) is 3.49. The molecule has 1 fully saturated rings. The van der Waals surface area contributed by atoms with E-state index in [2.05, 4.69) is 22.0 Å². The van der Waals surface area contributed by atoms with Gasteiger partial charge in [-0.1, -0.05) is 19.8 Å². The van der Waals surface area contributed by atoms with Crippen molar-refractivity contribution in [2.24, 2.45) is 0 Å². The summed E-state index contributed by atoms with van der Waals surface area (Å²) in [7, 11) is -1.10. The fraction of sp³-hybridized carbons (Fsp3) is 1.00. The number of hydrogen-bond acceptors (Lipinski definition) is 4.